The van der Waals surface area contributed by atoms with Gasteiger partial charge in [-0.1, -0.05) is 30.7 Å². The van der Waals surface area contributed by atoms with Crippen LogP contribution in [0.25, 0.3) is 0 Å². The fourth-order valence-electron chi connectivity index (χ4n) is 1.75. The Hall–Kier alpha value is -0.420. The quantitative estimate of drug-likeness (QED) is 0.819. The predicted octanol–water partition coefficient (Wildman–Crippen LogP) is 5.00. The molecule has 0 saturated heterocycles. The van der Waals surface area contributed by atoms with Gasteiger partial charge >= 0.3 is 0 Å². The van der Waals surface area contributed by atoms with Gasteiger partial charge < -0.3 is 5.32 Å². The summed E-state index contributed by atoms with van der Waals surface area (Å²) in [5.74, 6) is -0.223. The van der Waals surface area contributed by atoms with Crippen molar-refractivity contribution in [2.45, 2.75) is 13.0 Å². The lowest BCUT2D eigenvalue weighted by Crippen LogP contribution is -2.21. The van der Waals surface area contributed by atoms with Gasteiger partial charge in [0.05, 0.1) is 14.9 Å². The summed E-state index contributed by atoms with van der Waals surface area (Å²) < 4.78 is 13.9. The average molecular weight is 349 g/mol. The SMILES string of the molecule is CCNC(c1ccc(F)cc1)c1cc(Cl)c(Br)s1. The highest BCUT2D eigenvalue weighted by Gasteiger charge is 2.17. The standard InChI is InChI=1S/C13H12BrClFNS/c1-2-17-12(8-3-5-9(16)6-4-8)11-7-10(15)13(14)18-11/h3-7,12,17H,2H2,1H3. The summed E-state index contributed by atoms with van der Waals surface area (Å²) in [7, 11) is 0. The molecule has 1 atom stereocenters. The Balaban J connectivity index is 2.36. The van der Waals surface area contributed by atoms with Crippen molar-refractivity contribution in [2.75, 3.05) is 6.54 Å². The highest BCUT2D eigenvalue weighted by atomic mass is 79.9. The topological polar surface area (TPSA) is 12.0 Å². The molecule has 1 nitrogen and oxygen atoms in total. The van der Waals surface area contributed by atoms with E-state index in [0.717, 1.165) is 20.8 Å². The molecule has 0 aliphatic carbocycles. The van der Waals surface area contributed by atoms with Crippen LogP contribution < -0.4 is 5.32 Å². The number of thiophene rings is 1. The van der Waals surface area contributed by atoms with Crippen LogP contribution in [-0.2, 0) is 0 Å². The van der Waals surface area contributed by atoms with Gasteiger partial charge in [-0.25, -0.2) is 4.39 Å². The Kier molecular flexibility index (Phi) is 4.78. The van der Waals surface area contributed by atoms with E-state index >= 15 is 0 Å². The van der Waals surface area contributed by atoms with E-state index in [2.05, 4.69) is 21.2 Å². The highest BCUT2D eigenvalue weighted by molar-refractivity contribution is 9.11. The number of nitrogens with one attached hydrogen (secondary N) is 1. The maximum absolute atomic E-state index is 13.0. The van der Waals surface area contributed by atoms with Crippen molar-refractivity contribution in [1.82, 2.24) is 5.32 Å². The summed E-state index contributed by atoms with van der Waals surface area (Å²) in [6, 6.07) is 8.53. The van der Waals surface area contributed by atoms with Gasteiger partial charge in [0.1, 0.15) is 5.82 Å². The smallest absolute Gasteiger partial charge is 0.123 e. The number of hydrogen-bond acceptors (Lipinski definition) is 2. The van der Waals surface area contributed by atoms with Crippen molar-refractivity contribution in [1.29, 1.82) is 0 Å². The second kappa shape index (κ2) is 6.15. The number of benzene rings is 1. The molecule has 18 heavy (non-hydrogen) atoms. The Morgan fingerprint density at radius 3 is 2.56 bits per heavy atom. The monoisotopic (exact) mass is 347 g/mol. The summed E-state index contributed by atoms with van der Waals surface area (Å²) in [5, 5.41) is 4.09. The number of rotatable bonds is 4. The van der Waals surface area contributed by atoms with E-state index in [0.29, 0.717) is 5.02 Å². The van der Waals surface area contributed by atoms with E-state index in [-0.39, 0.29) is 11.9 Å². The normalized spacial score (nSPS) is 12.7. The van der Waals surface area contributed by atoms with E-state index < -0.39 is 0 Å². The van der Waals surface area contributed by atoms with Crippen LogP contribution in [0.5, 0.6) is 0 Å². The first kappa shape index (κ1) is 14.0. The first-order valence-corrected chi connectivity index (χ1v) is 7.54. The third kappa shape index (κ3) is 3.12. The molecule has 1 unspecified atom stereocenters. The second-order valence-electron chi connectivity index (χ2n) is 3.81. The number of hydrogen-bond donors (Lipinski definition) is 1. The minimum absolute atomic E-state index is 0.0457. The van der Waals surface area contributed by atoms with Gasteiger partial charge in [-0.2, -0.15) is 0 Å². The van der Waals surface area contributed by atoms with E-state index in [1.165, 1.54) is 12.1 Å². The molecule has 1 heterocycles. The largest absolute Gasteiger partial charge is 0.306 e. The third-order valence-corrected chi connectivity index (χ3v) is 5.10. The molecule has 0 saturated carbocycles. The van der Waals surface area contributed by atoms with Crippen LogP contribution in [-0.4, -0.2) is 6.54 Å². The van der Waals surface area contributed by atoms with Crippen molar-refractivity contribution in [3.8, 4) is 0 Å². The second-order valence-corrected chi connectivity index (χ2v) is 6.62. The van der Waals surface area contributed by atoms with Gasteiger partial charge in [-0.3, -0.25) is 0 Å². The van der Waals surface area contributed by atoms with Crippen LogP contribution in [0, 0.1) is 5.82 Å². The van der Waals surface area contributed by atoms with Crippen molar-refractivity contribution in [2.24, 2.45) is 0 Å². The van der Waals surface area contributed by atoms with Crippen LogP contribution in [0.1, 0.15) is 23.4 Å². The van der Waals surface area contributed by atoms with Crippen molar-refractivity contribution >= 4 is 38.9 Å². The van der Waals surface area contributed by atoms with Crippen LogP contribution in [0.15, 0.2) is 34.1 Å². The molecule has 2 aromatic rings. The zero-order valence-electron chi connectivity index (χ0n) is 9.71. The lowest BCUT2D eigenvalue weighted by Gasteiger charge is -2.16. The van der Waals surface area contributed by atoms with Crippen molar-refractivity contribution in [3.05, 3.63) is 55.4 Å². The lowest BCUT2D eigenvalue weighted by molar-refractivity contribution is 0.617. The first-order chi connectivity index (χ1) is 8.61. The van der Waals surface area contributed by atoms with Gasteiger partial charge in [-0.05, 0) is 46.2 Å². The minimum atomic E-state index is -0.223. The van der Waals surface area contributed by atoms with E-state index in [1.54, 1.807) is 23.5 Å². The van der Waals surface area contributed by atoms with Crippen LogP contribution in [0.3, 0.4) is 0 Å². The molecule has 1 aromatic heterocycles. The molecule has 0 aliphatic heterocycles. The molecule has 0 bridgehead atoms. The van der Waals surface area contributed by atoms with Crippen LogP contribution in [0.2, 0.25) is 5.02 Å². The summed E-state index contributed by atoms with van der Waals surface area (Å²) in [6.07, 6.45) is 0. The molecular formula is C13H12BrClFNS. The molecule has 5 heteroatoms. The van der Waals surface area contributed by atoms with E-state index in [4.69, 9.17) is 11.6 Å². The van der Waals surface area contributed by atoms with Crippen LogP contribution in [0.4, 0.5) is 4.39 Å². The predicted molar refractivity (Wildman–Crippen MR) is 78.9 cm³/mol. The fourth-order valence-corrected chi connectivity index (χ4v) is 3.60. The average Bonchev–Trinajstić information content (AvgIpc) is 2.68. The highest BCUT2D eigenvalue weighted by Crippen LogP contribution is 2.37. The summed E-state index contributed by atoms with van der Waals surface area (Å²) >= 11 is 11.1. The molecular weight excluding hydrogens is 337 g/mol. The van der Waals surface area contributed by atoms with Crippen molar-refractivity contribution in [3.63, 3.8) is 0 Å². The van der Waals surface area contributed by atoms with E-state index in [9.17, 15) is 4.39 Å². The molecule has 0 spiro atoms. The van der Waals surface area contributed by atoms with Crippen molar-refractivity contribution < 1.29 is 4.39 Å². The Morgan fingerprint density at radius 2 is 2.06 bits per heavy atom. The fraction of sp³-hybridized carbons (Fsp3) is 0.231. The van der Waals surface area contributed by atoms with Crippen LogP contribution >= 0.6 is 38.9 Å². The van der Waals surface area contributed by atoms with Gasteiger partial charge in [0.25, 0.3) is 0 Å². The first-order valence-electron chi connectivity index (χ1n) is 5.55. The zero-order chi connectivity index (χ0) is 13.1. The van der Waals surface area contributed by atoms with Gasteiger partial charge in [0.2, 0.25) is 0 Å². The molecule has 2 rings (SSSR count). The molecule has 1 N–H and O–H groups in total. The maximum Gasteiger partial charge on any atom is 0.123 e. The molecule has 0 radical (unpaired) electrons. The summed E-state index contributed by atoms with van der Waals surface area (Å²) in [6.45, 7) is 2.87. The summed E-state index contributed by atoms with van der Waals surface area (Å²) in [5.41, 5.74) is 1.03. The zero-order valence-corrected chi connectivity index (χ0v) is 12.9. The number of halogens is 3. The molecule has 1 aromatic carbocycles. The van der Waals surface area contributed by atoms with E-state index in [1.807, 2.05) is 13.0 Å². The molecule has 0 aliphatic rings. The van der Waals surface area contributed by atoms with Gasteiger partial charge in [0, 0.05) is 4.88 Å². The Bertz CT molecular complexity index is 507. The minimum Gasteiger partial charge on any atom is -0.306 e. The third-order valence-electron chi connectivity index (χ3n) is 2.56. The lowest BCUT2D eigenvalue weighted by atomic mass is 10.1. The van der Waals surface area contributed by atoms with Gasteiger partial charge in [0.15, 0.2) is 0 Å². The Morgan fingerprint density at radius 1 is 1.39 bits per heavy atom. The molecule has 0 amide bonds. The maximum atomic E-state index is 13.0. The summed E-state index contributed by atoms with van der Waals surface area (Å²) in [4.78, 5) is 1.11. The van der Waals surface area contributed by atoms with Gasteiger partial charge in [-0.15, -0.1) is 11.3 Å². The molecule has 96 valence electrons. The molecule has 0 fully saturated rings. The Labute approximate surface area is 123 Å².